The summed E-state index contributed by atoms with van der Waals surface area (Å²) in [7, 11) is 0. The van der Waals surface area contributed by atoms with Gasteiger partial charge in [-0.1, -0.05) is 41.4 Å². The van der Waals surface area contributed by atoms with Gasteiger partial charge in [-0.3, -0.25) is 4.40 Å². The van der Waals surface area contributed by atoms with E-state index < -0.39 is 0 Å². The number of rotatable bonds is 2. The molecule has 0 bridgehead atoms. The molecule has 2 heterocycles. The Morgan fingerprint density at radius 2 is 1.90 bits per heavy atom. The molecule has 1 aliphatic carbocycles. The number of fused-ring (bicyclic) bond motifs is 1. The number of hydrogen-bond acceptors (Lipinski definition) is 3. The first kappa shape index (κ1) is 11.9. The maximum absolute atomic E-state index is 6.07. The van der Waals surface area contributed by atoms with E-state index in [4.69, 9.17) is 11.6 Å². The number of nitrogens with zero attached hydrogens (tertiary/aromatic N) is 4. The fraction of sp³-hybridized carbons (Fsp3) is 0.267. The van der Waals surface area contributed by atoms with E-state index >= 15 is 0 Å². The van der Waals surface area contributed by atoms with Crippen LogP contribution >= 0.6 is 11.6 Å². The summed E-state index contributed by atoms with van der Waals surface area (Å²) in [5.41, 5.74) is 3.17. The Labute approximate surface area is 121 Å². The van der Waals surface area contributed by atoms with Gasteiger partial charge < -0.3 is 0 Å². The van der Waals surface area contributed by atoms with Crippen LogP contribution < -0.4 is 0 Å². The Hall–Kier alpha value is -1.94. The Morgan fingerprint density at radius 1 is 1.15 bits per heavy atom. The Kier molecular flexibility index (Phi) is 2.39. The summed E-state index contributed by atoms with van der Waals surface area (Å²) in [4.78, 5) is 4.05. The Morgan fingerprint density at radius 3 is 2.60 bits per heavy atom. The number of benzene rings is 1. The van der Waals surface area contributed by atoms with E-state index in [1.807, 2.05) is 10.6 Å². The van der Waals surface area contributed by atoms with Gasteiger partial charge in [0.15, 0.2) is 10.8 Å². The van der Waals surface area contributed by atoms with Crippen LogP contribution in [0.25, 0.3) is 5.65 Å². The molecule has 2 aromatic heterocycles. The van der Waals surface area contributed by atoms with Crippen molar-refractivity contribution in [3.05, 3.63) is 58.8 Å². The van der Waals surface area contributed by atoms with E-state index in [1.54, 1.807) is 6.20 Å². The second-order valence-corrected chi connectivity index (χ2v) is 5.74. The maximum Gasteiger partial charge on any atom is 0.198 e. The van der Waals surface area contributed by atoms with Gasteiger partial charge in [0, 0.05) is 12.4 Å². The summed E-state index contributed by atoms with van der Waals surface area (Å²) in [5, 5.41) is 8.96. The van der Waals surface area contributed by atoms with Crippen LogP contribution in [0.2, 0.25) is 5.15 Å². The van der Waals surface area contributed by atoms with E-state index in [1.165, 1.54) is 11.1 Å². The zero-order valence-electron chi connectivity index (χ0n) is 11.0. The third-order valence-electron chi connectivity index (χ3n) is 4.07. The summed E-state index contributed by atoms with van der Waals surface area (Å²) < 4.78 is 1.96. The van der Waals surface area contributed by atoms with Gasteiger partial charge in [-0.15, -0.1) is 10.2 Å². The molecule has 0 radical (unpaired) electrons. The van der Waals surface area contributed by atoms with Crippen LogP contribution in [-0.2, 0) is 5.41 Å². The monoisotopic (exact) mass is 284 g/mol. The molecule has 1 aromatic carbocycles. The lowest BCUT2D eigenvalue weighted by Crippen LogP contribution is -2.13. The van der Waals surface area contributed by atoms with Gasteiger partial charge in [-0.2, -0.15) is 0 Å². The van der Waals surface area contributed by atoms with Gasteiger partial charge in [0.2, 0.25) is 0 Å². The number of aryl methyl sites for hydroxylation is 1. The summed E-state index contributed by atoms with van der Waals surface area (Å²) in [6, 6.07) is 8.67. The van der Waals surface area contributed by atoms with Crippen LogP contribution in [0.15, 0.2) is 36.7 Å². The van der Waals surface area contributed by atoms with Crippen molar-refractivity contribution in [1.29, 1.82) is 0 Å². The first-order chi connectivity index (χ1) is 9.71. The molecule has 4 rings (SSSR count). The molecule has 1 saturated carbocycles. The molecule has 0 atom stereocenters. The van der Waals surface area contributed by atoms with E-state index in [2.05, 4.69) is 46.4 Å². The maximum atomic E-state index is 6.07. The van der Waals surface area contributed by atoms with Crippen molar-refractivity contribution in [3.63, 3.8) is 0 Å². The van der Waals surface area contributed by atoms with Crippen molar-refractivity contribution in [3.8, 4) is 0 Å². The highest BCUT2D eigenvalue weighted by Gasteiger charge is 2.49. The van der Waals surface area contributed by atoms with Crippen molar-refractivity contribution >= 4 is 17.2 Å². The van der Waals surface area contributed by atoms with E-state index in [0.29, 0.717) is 10.8 Å². The normalized spacial score (nSPS) is 16.5. The van der Waals surface area contributed by atoms with Crippen LogP contribution in [0, 0.1) is 6.92 Å². The summed E-state index contributed by atoms with van der Waals surface area (Å²) in [6.45, 7) is 2.10. The Bertz CT molecular complexity index is 787. The highest BCUT2D eigenvalue weighted by molar-refractivity contribution is 6.32. The Balaban J connectivity index is 1.90. The number of halogens is 1. The molecule has 5 heteroatoms. The molecule has 0 N–H and O–H groups in total. The van der Waals surface area contributed by atoms with Crippen molar-refractivity contribution in [2.75, 3.05) is 0 Å². The summed E-state index contributed by atoms with van der Waals surface area (Å²) in [5.74, 6) is 0.959. The van der Waals surface area contributed by atoms with Gasteiger partial charge in [0.25, 0.3) is 0 Å². The topological polar surface area (TPSA) is 43.1 Å². The summed E-state index contributed by atoms with van der Waals surface area (Å²) >= 11 is 6.07. The van der Waals surface area contributed by atoms with Crippen LogP contribution in [0.1, 0.15) is 29.8 Å². The van der Waals surface area contributed by atoms with Crippen molar-refractivity contribution in [1.82, 2.24) is 19.6 Å². The van der Waals surface area contributed by atoms with Gasteiger partial charge in [0.1, 0.15) is 5.82 Å². The van der Waals surface area contributed by atoms with E-state index in [9.17, 15) is 0 Å². The third-order valence-corrected chi connectivity index (χ3v) is 4.33. The van der Waals surface area contributed by atoms with Gasteiger partial charge >= 0.3 is 0 Å². The molecule has 0 unspecified atom stereocenters. The van der Waals surface area contributed by atoms with Gasteiger partial charge in [-0.05, 0) is 25.3 Å². The third kappa shape index (κ3) is 1.58. The predicted octanol–water partition coefficient (Wildman–Crippen LogP) is 3.17. The predicted molar refractivity (Wildman–Crippen MR) is 77.0 cm³/mol. The minimum atomic E-state index is -0.0161. The quantitative estimate of drug-likeness (QED) is 0.726. The molecule has 1 fully saturated rings. The van der Waals surface area contributed by atoms with Crippen LogP contribution in [0.3, 0.4) is 0 Å². The SMILES string of the molecule is Cc1ccc(C2(c3nnc4c(Cl)nccn34)CC2)cc1. The first-order valence-corrected chi connectivity index (χ1v) is 7.01. The zero-order valence-corrected chi connectivity index (χ0v) is 11.8. The molecule has 20 heavy (non-hydrogen) atoms. The van der Waals surface area contributed by atoms with E-state index in [-0.39, 0.29) is 5.41 Å². The molecule has 100 valence electrons. The molecular formula is C15H13ClN4. The highest BCUT2D eigenvalue weighted by atomic mass is 35.5. The highest BCUT2D eigenvalue weighted by Crippen LogP contribution is 2.52. The molecule has 0 amide bonds. The van der Waals surface area contributed by atoms with Crippen molar-refractivity contribution < 1.29 is 0 Å². The zero-order chi connectivity index (χ0) is 13.7. The molecule has 4 nitrogen and oxygen atoms in total. The van der Waals surface area contributed by atoms with Gasteiger partial charge in [0.05, 0.1) is 5.41 Å². The first-order valence-electron chi connectivity index (χ1n) is 6.64. The number of aromatic nitrogens is 4. The average Bonchev–Trinajstić information content (AvgIpc) is 3.13. The van der Waals surface area contributed by atoms with Crippen LogP contribution in [0.4, 0.5) is 0 Å². The lowest BCUT2D eigenvalue weighted by molar-refractivity contribution is 0.739. The second-order valence-electron chi connectivity index (χ2n) is 5.38. The van der Waals surface area contributed by atoms with Crippen LogP contribution in [0.5, 0.6) is 0 Å². The van der Waals surface area contributed by atoms with Crippen molar-refractivity contribution in [2.45, 2.75) is 25.2 Å². The minimum Gasteiger partial charge on any atom is -0.282 e. The molecule has 0 saturated heterocycles. The smallest absolute Gasteiger partial charge is 0.198 e. The second kappa shape index (κ2) is 4.03. The molecule has 0 aliphatic heterocycles. The lowest BCUT2D eigenvalue weighted by Gasteiger charge is -2.14. The minimum absolute atomic E-state index is 0.0161. The molecular weight excluding hydrogens is 272 g/mol. The molecule has 1 aliphatic rings. The summed E-state index contributed by atoms with van der Waals surface area (Å²) in [6.07, 6.45) is 5.76. The average molecular weight is 285 g/mol. The lowest BCUT2D eigenvalue weighted by atomic mass is 9.94. The fourth-order valence-corrected chi connectivity index (χ4v) is 2.95. The molecule has 3 aromatic rings. The van der Waals surface area contributed by atoms with Gasteiger partial charge in [-0.25, -0.2) is 4.98 Å². The van der Waals surface area contributed by atoms with Crippen LogP contribution in [-0.4, -0.2) is 19.6 Å². The molecule has 0 spiro atoms. The largest absolute Gasteiger partial charge is 0.282 e. The standard InChI is InChI=1S/C15H13ClN4/c1-10-2-4-11(5-3-10)15(6-7-15)14-19-18-13-12(16)17-8-9-20(13)14/h2-5,8-9H,6-7H2,1H3. The fourth-order valence-electron chi connectivity index (χ4n) is 2.76. The van der Waals surface area contributed by atoms with Crippen molar-refractivity contribution in [2.24, 2.45) is 0 Å². The van der Waals surface area contributed by atoms with E-state index in [0.717, 1.165) is 18.7 Å². The number of hydrogen-bond donors (Lipinski definition) is 0.